The predicted octanol–water partition coefficient (Wildman–Crippen LogP) is -0.905. The van der Waals surface area contributed by atoms with Gasteiger partial charge in [-0.2, -0.15) is 0 Å². The molecule has 2 fully saturated rings. The van der Waals surface area contributed by atoms with E-state index in [2.05, 4.69) is 17.3 Å². The Kier molecular flexibility index (Phi) is 1.87. The molecule has 2 aliphatic rings. The molecule has 0 aromatic rings. The van der Waals surface area contributed by atoms with Crippen molar-refractivity contribution in [2.45, 2.75) is 6.04 Å². The number of nitrogens with two attached hydrogens (primary N) is 1. The van der Waals surface area contributed by atoms with E-state index in [0.717, 1.165) is 18.4 Å². The van der Waals surface area contributed by atoms with E-state index >= 15 is 0 Å². The molecule has 3 N–H and O–H groups in total. The van der Waals surface area contributed by atoms with Crippen molar-refractivity contribution >= 4 is 0 Å². The topological polar surface area (TPSA) is 41.3 Å². The molecule has 2 rings (SSSR count). The Morgan fingerprint density at radius 2 is 2.36 bits per heavy atom. The molecule has 3 nitrogen and oxygen atoms in total. The smallest absolute Gasteiger partial charge is 0.0234 e. The maximum Gasteiger partial charge on any atom is 0.0234 e. The quantitative estimate of drug-likeness (QED) is 0.515. The van der Waals surface area contributed by atoms with Crippen LogP contribution in [0.3, 0.4) is 0 Å². The third-order valence-corrected chi connectivity index (χ3v) is 3.09. The molecule has 11 heavy (non-hydrogen) atoms. The maximum atomic E-state index is 5.65. The summed E-state index contributed by atoms with van der Waals surface area (Å²) in [6, 6.07) is 0.588. The summed E-state index contributed by atoms with van der Waals surface area (Å²) in [5, 5.41) is 3.48. The molecular weight excluding hydrogens is 138 g/mol. The lowest BCUT2D eigenvalue weighted by Crippen LogP contribution is -2.37. The normalized spacial score (nSPS) is 44.7. The number of fused-ring (bicyclic) bond motifs is 1. The highest BCUT2D eigenvalue weighted by Gasteiger charge is 2.40. The van der Waals surface area contributed by atoms with Crippen molar-refractivity contribution in [3.63, 3.8) is 0 Å². The van der Waals surface area contributed by atoms with Gasteiger partial charge in [-0.25, -0.2) is 0 Å². The SMILES string of the molecule is CN1C[C@@H]2CN[C@@H](CN)[C@@H]2C1. The van der Waals surface area contributed by atoms with Crippen LogP contribution in [0.4, 0.5) is 0 Å². The van der Waals surface area contributed by atoms with Gasteiger partial charge in [-0.05, 0) is 25.4 Å². The molecule has 2 heterocycles. The minimum atomic E-state index is 0.588. The van der Waals surface area contributed by atoms with E-state index < -0.39 is 0 Å². The first-order chi connectivity index (χ1) is 5.31. The van der Waals surface area contributed by atoms with Crippen LogP contribution in [0.25, 0.3) is 0 Å². The van der Waals surface area contributed by atoms with Crippen LogP contribution in [-0.4, -0.2) is 44.2 Å². The second-order valence-corrected chi connectivity index (χ2v) is 3.90. The van der Waals surface area contributed by atoms with Crippen molar-refractivity contribution in [1.29, 1.82) is 0 Å². The average Bonchev–Trinajstić information content (AvgIpc) is 2.45. The number of nitrogens with one attached hydrogen (secondary N) is 1. The second-order valence-electron chi connectivity index (χ2n) is 3.90. The number of nitrogens with zero attached hydrogens (tertiary/aromatic N) is 1. The Morgan fingerprint density at radius 3 is 3.09 bits per heavy atom. The zero-order valence-corrected chi connectivity index (χ0v) is 7.09. The molecule has 0 bridgehead atoms. The molecule has 0 spiro atoms. The van der Waals surface area contributed by atoms with E-state index in [4.69, 9.17) is 5.73 Å². The number of likely N-dealkylation sites (tertiary alicyclic amines) is 1. The van der Waals surface area contributed by atoms with E-state index in [1.807, 2.05) is 0 Å². The Morgan fingerprint density at radius 1 is 1.55 bits per heavy atom. The number of hydrogen-bond acceptors (Lipinski definition) is 3. The van der Waals surface area contributed by atoms with Crippen LogP contribution in [0.1, 0.15) is 0 Å². The predicted molar refractivity (Wildman–Crippen MR) is 45.3 cm³/mol. The Bertz CT molecular complexity index is 146. The van der Waals surface area contributed by atoms with Crippen LogP contribution >= 0.6 is 0 Å². The fraction of sp³-hybridized carbons (Fsp3) is 1.00. The van der Waals surface area contributed by atoms with Gasteiger partial charge in [0.25, 0.3) is 0 Å². The third kappa shape index (κ3) is 1.17. The summed E-state index contributed by atoms with van der Waals surface area (Å²) in [7, 11) is 2.20. The minimum Gasteiger partial charge on any atom is -0.329 e. The molecule has 0 unspecified atom stereocenters. The van der Waals surface area contributed by atoms with Gasteiger partial charge in [-0.3, -0.25) is 0 Å². The summed E-state index contributed by atoms with van der Waals surface area (Å²) in [5.74, 6) is 1.69. The second kappa shape index (κ2) is 2.73. The third-order valence-electron chi connectivity index (χ3n) is 3.09. The number of rotatable bonds is 1. The minimum absolute atomic E-state index is 0.588. The van der Waals surface area contributed by atoms with Gasteiger partial charge < -0.3 is 16.0 Å². The van der Waals surface area contributed by atoms with Crippen molar-refractivity contribution in [2.24, 2.45) is 17.6 Å². The molecule has 0 saturated carbocycles. The summed E-state index contributed by atoms with van der Waals surface area (Å²) in [5.41, 5.74) is 5.65. The summed E-state index contributed by atoms with van der Waals surface area (Å²) < 4.78 is 0. The highest BCUT2D eigenvalue weighted by atomic mass is 15.2. The van der Waals surface area contributed by atoms with E-state index in [-0.39, 0.29) is 0 Å². The van der Waals surface area contributed by atoms with Crippen LogP contribution < -0.4 is 11.1 Å². The first-order valence-electron chi connectivity index (χ1n) is 4.43. The van der Waals surface area contributed by atoms with Gasteiger partial charge >= 0.3 is 0 Å². The van der Waals surface area contributed by atoms with Gasteiger partial charge in [0.15, 0.2) is 0 Å². The molecule has 0 radical (unpaired) electrons. The molecule has 0 aromatic heterocycles. The van der Waals surface area contributed by atoms with Crippen molar-refractivity contribution in [1.82, 2.24) is 10.2 Å². The van der Waals surface area contributed by atoms with Crippen LogP contribution in [-0.2, 0) is 0 Å². The molecule has 0 aliphatic carbocycles. The molecule has 64 valence electrons. The zero-order chi connectivity index (χ0) is 7.84. The lowest BCUT2D eigenvalue weighted by molar-refractivity contribution is 0.359. The molecule has 2 saturated heterocycles. The number of hydrogen-bond donors (Lipinski definition) is 2. The van der Waals surface area contributed by atoms with Crippen molar-refractivity contribution in [3.8, 4) is 0 Å². The maximum absolute atomic E-state index is 5.65. The highest BCUT2D eigenvalue weighted by molar-refractivity contribution is 4.97. The fourth-order valence-electron chi connectivity index (χ4n) is 2.50. The lowest BCUT2D eigenvalue weighted by atomic mass is 9.94. The standard InChI is InChI=1S/C8H17N3/c1-11-4-6-3-10-8(2-9)7(6)5-11/h6-8,10H,2-5,9H2,1H3/t6-,7+,8-/m0/s1. The van der Waals surface area contributed by atoms with E-state index in [1.165, 1.54) is 19.6 Å². The largest absolute Gasteiger partial charge is 0.329 e. The van der Waals surface area contributed by atoms with E-state index in [0.29, 0.717) is 6.04 Å². The van der Waals surface area contributed by atoms with Gasteiger partial charge in [0.1, 0.15) is 0 Å². The Hall–Kier alpha value is -0.120. The highest BCUT2D eigenvalue weighted by Crippen LogP contribution is 2.28. The van der Waals surface area contributed by atoms with E-state index in [1.54, 1.807) is 0 Å². The zero-order valence-electron chi connectivity index (χ0n) is 7.09. The van der Waals surface area contributed by atoms with Crippen molar-refractivity contribution in [2.75, 3.05) is 33.2 Å². The molecular formula is C8H17N3. The van der Waals surface area contributed by atoms with Gasteiger partial charge in [-0.15, -0.1) is 0 Å². The molecule has 3 atom stereocenters. The average molecular weight is 155 g/mol. The monoisotopic (exact) mass is 155 g/mol. The van der Waals surface area contributed by atoms with Crippen LogP contribution in [0.2, 0.25) is 0 Å². The summed E-state index contributed by atoms with van der Waals surface area (Å²) >= 11 is 0. The molecule has 2 aliphatic heterocycles. The summed E-state index contributed by atoms with van der Waals surface area (Å²) in [4.78, 5) is 2.42. The molecule has 0 amide bonds. The van der Waals surface area contributed by atoms with E-state index in [9.17, 15) is 0 Å². The fourth-order valence-corrected chi connectivity index (χ4v) is 2.50. The Labute approximate surface area is 67.9 Å². The van der Waals surface area contributed by atoms with Crippen LogP contribution in [0.15, 0.2) is 0 Å². The molecule has 0 aromatic carbocycles. The molecule has 3 heteroatoms. The lowest BCUT2D eigenvalue weighted by Gasteiger charge is -2.16. The van der Waals surface area contributed by atoms with Gasteiger partial charge in [0.05, 0.1) is 0 Å². The van der Waals surface area contributed by atoms with Crippen LogP contribution in [0.5, 0.6) is 0 Å². The van der Waals surface area contributed by atoms with Crippen molar-refractivity contribution in [3.05, 3.63) is 0 Å². The summed E-state index contributed by atoms with van der Waals surface area (Å²) in [6.07, 6.45) is 0. The van der Waals surface area contributed by atoms with Gasteiger partial charge in [-0.1, -0.05) is 0 Å². The van der Waals surface area contributed by atoms with Gasteiger partial charge in [0, 0.05) is 25.7 Å². The first-order valence-corrected chi connectivity index (χ1v) is 4.43. The van der Waals surface area contributed by atoms with Crippen molar-refractivity contribution < 1.29 is 0 Å². The first kappa shape index (κ1) is 7.53. The summed E-state index contributed by atoms with van der Waals surface area (Å²) in [6.45, 7) is 4.47. The Balaban J connectivity index is 2.01. The van der Waals surface area contributed by atoms with Crippen LogP contribution in [0, 0.1) is 11.8 Å². The van der Waals surface area contributed by atoms with Gasteiger partial charge in [0.2, 0.25) is 0 Å².